The third kappa shape index (κ3) is 5.10. The maximum absolute atomic E-state index is 12.9. The number of fused-ring (bicyclic) bond motifs is 1. The monoisotopic (exact) mass is 481 g/mol. The Balaban J connectivity index is 1.52. The second kappa shape index (κ2) is 9.94. The number of thiophene rings is 1. The van der Waals surface area contributed by atoms with Crippen molar-refractivity contribution in [2.45, 2.75) is 6.61 Å². The molecule has 6 nitrogen and oxygen atoms in total. The van der Waals surface area contributed by atoms with Gasteiger partial charge >= 0.3 is 5.97 Å². The number of anilines is 1. The van der Waals surface area contributed by atoms with Crippen molar-refractivity contribution in [2.75, 3.05) is 19.5 Å². The molecule has 0 fully saturated rings. The predicted molar refractivity (Wildman–Crippen MR) is 130 cm³/mol. The van der Waals surface area contributed by atoms with Gasteiger partial charge in [0.1, 0.15) is 23.0 Å². The number of ether oxygens (including phenoxy) is 3. The van der Waals surface area contributed by atoms with Crippen LogP contribution in [0.2, 0.25) is 5.02 Å². The van der Waals surface area contributed by atoms with Crippen molar-refractivity contribution in [2.24, 2.45) is 0 Å². The molecular formula is C25H20ClNO5S. The van der Waals surface area contributed by atoms with E-state index >= 15 is 0 Å². The number of nitrogens with one attached hydrogen (secondary N) is 1. The number of hydrogen-bond donors (Lipinski definition) is 1. The normalized spacial score (nSPS) is 10.6. The smallest absolute Gasteiger partial charge is 0.348 e. The molecule has 8 heteroatoms. The molecule has 0 atom stereocenters. The van der Waals surface area contributed by atoms with Gasteiger partial charge in [0.15, 0.2) is 0 Å². The Morgan fingerprint density at radius 1 is 0.970 bits per heavy atom. The molecule has 0 spiro atoms. The Labute approximate surface area is 199 Å². The zero-order chi connectivity index (χ0) is 23.4. The molecule has 0 saturated carbocycles. The minimum atomic E-state index is -0.383. The van der Waals surface area contributed by atoms with Crippen molar-refractivity contribution in [1.29, 1.82) is 0 Å². The van der Waals surface area contributed by atoms with Crippen LogP contribution in [0.4, 0.5) is 5.69 Å². The van der Waals surface area contributed by atoms with E-state index in [1.807, 2.05) is 24.3 Å². The van der Waals surface area contributed by atoms with Crippen LogP contribution in [0.3, 0.4) is 0 Å². The summed E-state index contributed by atoms with van der Waals surface area (Å²) in [4.78, 5) is 25.2. The van der Waals surface area contributed by atoms with Crippen LogP contribution in [0.1, 0.15) is 25.6 Å². The van der Waals surface area contributed by atoms with Crippen LogP contribution in [0.25, 0.3) is 10.1 Å². The largest absolute Gasteiger partial charge is 0.496 e. The summed E-state index contributed by atoms with van der Waals surface area (Å²) in [7, 11) is 2.91. The Morgan fingerprint density at radius 3 is 2.55 bits per heavy atom. The standard InChI is InChI=1S/C25H20ClNO5S/c1-30-20-9-7-15(11-17(20)14-32-21-6-4-3-5-19(21)26)24(28)27-18-8-10-22-16(12-18)13-23(33-22)25(29)31-2/h3-13H,14H2,1-2H3,(H,27,28). The lowest BCUT2D eigenvalue weighted by atomic mass is 10.1. The van der Waals surface area contributed by atoms with E-state index in [2.05, 4.69) is 5.32 Å². The average molecular weight is 482 g/mol. The van der Waals surface area contributed by atoms with Gasteiger partial charge in [-0.05, 0) is 60.0 Å². The molecule has 1 amide bonds. The molecular weight excluding hydrogens is 462 g/mol. The van der Waals surface area contributed by atoms with Gasteiger partial charge in [-0.3, -0.25) is 4.79 Å². The summed E-state index contributed by atoms with van der Waals surface area (Å²) in [5.41, 5.74) is 1.78. The van der Waals surface area contributed by atoms with Crippen LogP contribution >= 0.6 is 22.9 Å². The summed E-state index contributed by atoms with van der Waals surface area (Å²) in [6, 6.07) is 19.5. The van der Waals surface area contributed by atoms with Crippen LogP contribution < -0.4 is 14.8 Å². The van der Waals surface area contributed by atoms with Gasteiger partial charge < -0.3 is 19.5 Å². The molecule has 0 bridgehead atoms. The van der Waals surface area contributed by atoms with E-state index in [9.17, 15) is 9.59 Å². The van der Waals surface area contributed by atoms with Gasteiger partial charge in [0, 0.05) is 21.5 Å². The SMILES string of the molecule is COC(=O)c1cc2cc(NC(=O)c3ccc(OC)c(COc4ccccc4Cl)c3)ccc2s1. The minimum Gasteiger partial charge on any atom is -0.496 e. The highest BCUT2D eigenvalue weighted by molar-refractivity contribution is 7.20. The summed E-state index contributed by atoms with van der Waals surface area (Å²) in [5, 5.41) is 4.25. The van der Waals surface area contributed by atoms with Crippen molar-refractivity contribution >= 4 is 50.6 Å². The molecule has 0 aliphatic heterocycles. The number of rotatable bonds is 7. The molecule has 1 aromatic heterocycles. The number of carbonyl (C=O) groups excluding carboxylic acids is 2. The number of methoxy groups -OCH3 is 2. The van der Waals surface area contributed by atoms with E-state index in [0.29, 0.717) is 38.2 Å². The molecule has 0 aliphatic rings. The van der Waals surface area contributed by atoms with E-state index in [4.69, 9.17) is 25.8 Å². The second-order valence-corrected chi connectivity index (χ2v) is 8.55. The lowest BCUT2D eigenvalue weighted by Gasteiger charge is -2.13. The van der Waals surface area contributed by atoms with E-state index in [0.717, 1.165) is 10.1 Å². The molecule has 0 saturated heterocycles. The molecule has 33 heavy (non-hydrogen) atoms. The van der Waals surface area contributed by atoms with Crippen molar-refractivity contribution in [3.63, 3.8) is 0 Å². The zero-order valence-corrected chi connectivity index (χ0v) is 19.5. The molecule has 4 aromatic rings. The summed E-state index contributed by atoms with van der Waals surface area (Å²) in [6.07, 6.45) is 0. The van der Waals surface area contributed by atoms with Gasteiger partial charge in [0.2, 0.25) is 0 Å². The summed E-state index contributed by atoms with van der Waals surface area (Å²) in [6.45, 7) is 0.186. The second-order valence-electron chi connectivity index (χ2n) is 7.05. The molecule has 0 aliphatic carbocycles. The number of para-hydroxylation sites is 1. The van der Waals surface area contributed by atoms with Crippen molar-refractivity contribution in [3.05, 3.63) is 87.8 Å². The van der Waals surface area contributed by atoms with Gasteiger partial charge in [-0.25, -0.2) is 4.79 Å². The first-order valence-electron chi connectivity index (χ1n) is 9.96. The van der Waals surface area contributed by atoms with Crippen LogP contribution in [-0.2, 0) is 11.3 Å². The Bertz CT molecular complexity index is 1330. The third-order valence-electron chi connectivity index (χ3n) is 4.92. The number of carbonyl (C=O) groups is 2. The van der Waals surface area contributed by atoms with Crippen LogP contribution in [-0.4, -0.2) is 26.1 Å². The number of benzene rings is 3. The Morgan fingerprint density at radius 2 is 1.79 bits per heavy atom. The molecule has 1 heterocycles. The van der Waals surface area contributed by atoms with Crippen LogP contribution in [0.5, 0.6) is 11.5 Å². The topological polar surface area (TPSA) is 73.9 Å². The van der Waals surface area contributed by atoms with E-state index < -0.39 is 0 Å². The predicted octanol–water partition coefficient (Wildman–Crippen LogP) is 6.18. The van der Waals surface area contributed by atoms with E-state index in [1.165, 1.54) is 18.4 Å². The first-order chi connectivity index (χ1) is 16.0. The molecule has 4 rings (SSSR count). The van der Waals surface area contributed by atoms with Gasteiger partial charge in [-0.1, -0.05) is 23.7 Å². The number of esters is 1. The zero-order valence-electron chi connectivity index (χ0n) is 17.9. The maximum atomic E-state index is 12.9. The summed E-state index contributed by atoms with van der Waals surface area (Å²) >= 11 is 7.50. The highest BCUT2D eigenvalue weighted by Gasteiger charge is 2.14. The highest BCUT2D eigenvalue weighted by atomic mass is 35.5. The average Bonchev–Trinajstić information content (AvgIpc) is 3.26. The summed E-state index contributed by atoms with van der Waals surface area (Å²) in [5.74, 6) is 0.492. The van der Waals surface area contributed by atoms with E-state index in [1.54, 1.807) is 49.6 Å². The fourth-order valence-electron chi connectivity index (χ4n) is 3.28. The Hall–Kier alpha value is -3.55. The number of halogens is 1. The molecule has 1 N–H and O–H groups in total. The lowest BCUT2D eigenvalue weighted by molar-refractivity contribution is 0.0606. The first-order valence-corrected chi connectivity index (χ1v) is 11.2. The molecule has 0 radical (unpaired) electrons. The highest BCUT2D eigenvalue weighted by Crippen LogP contribution is 2.30. The van der Waals surface area contributed by atoms with Crippen molar-refractivity contribution in [3.8, 4) is 11.5 Å². The van der Waals surface area contributed by atoms with Crippen molar-refractivity contribution in [1.82, 2.24) is 0 Å². The fraction of sp³-hybridized carbons (Fsp3) is 0.120. The van der Waals surface area contributed by atoms with Crippen LogP contribution in [0.15, 0.2) is 66.7 Å². The minimum absolute atomic E-state index is 0.186. The summed E-state index contributed by atoms with van der Waals surface area (Å²) < 4.78 is 16.9. The number of hydrogen-bond acceptors (Lipinski definition) is 6. The third-order valence-corrected chi connectivity index (χ3v) is 6.33. The van der Waals surface area contributed by atoms with Gasteiger partial charge in [0.25, 0.3) is 5.91 Å². The quantitative estimate of drug-likeness (QED) is 0.319. The molecule has 0 unspecified atom stereocenters. The number of amides is 1. The first kappa shape index (κ1) is 22.6. The molecule has 3 aromatic carbocycles. The molecule has 168 valence electrons. The fourth-order valence-corrected chi connectivity index (χ4v) is 4.43. The van der Waals surface area contributed by atoms with Gasteiger partial charge in [0.05, 0.1) is 19.2 Å². The van der Waals surface area contributed by atoms with E-state index in [-0.39, 0.29) is 18.5 Å². The lowest BCUT2D eigenvalue weighted by Crippen LogP contribution is -2.12. The van der Waals surface area contributed by atoms with Crippen LogP contribution in [0, 0.1) is 0 Å². The van der Waals surface area contributed by atoms with Gasteiger partial charge in [-0.15, -0.1) is 11.3 Å². The Kier molecular flexibility index (Phi) is 6.82. The van der Waals surface area contributed by atoms with Crippen molar-refractivity contribution < 1.29 is 23.8 Å². The maximum Gasteiger partial charge on any atom is 0.348 e. The van der Waals surface area contributed by atoms with Gasteiger partial charge in [-0.2, -0.15) is 0 Å².